The smallest absolute Gasteiger partial charge is 0.264 e. The molecule has 1 atom stereocenters. The summed E-state index contributed by atoms with van der Waals surface area (Å²) < 4.78 is 29.0. The first-order valence-electron chi connectivity index (χ1n) is 13.2. The lowest BCUT2D eigenvalue weighted by atomic mass is 10.1. The predicted molar refractivity (Wildman–Crippen MR) is 156 cm³/mol. The average Bonchev–Trinajstić information content (AvgIpc) is 2.90. The number of hydrogen-bond donors (Lipinski definition) is 1. The maximum absolute atomic E-state index is 13.9. The first-order chi connectivity index (χ1) is 18.4. The van der Waals surface area contributed by atoms with Gasteiger partial charge in [0.05, 0.1) is 10.6 Å². The van der Waals surface area contributed by atoms with E-state index in [1.165, 1.54) is 4.90 Å². The second-order valence-electron chi connectivity index (χ2n) is 10.4. The molecule has 0 aliphatic heterocycles. The predicted octanol–water partition coefficient (Wildman–Crippen LogP) is 5.00. The normalized spacial score (nSPS) is 12.2. The molecule has 0 aromatic heterocycles. The van der Waals surface area contributed by atoms with E-state index in [9.17, 15) is 18.0 Å². The Morgan fingerprint density at radius 3 is 2.08 bits per heavy atom. The monoisotopic (exact) mass is 549 g/mol. The molecule has 39 heavy (non-hydrogen) atoms. The van der Waals surface area contributed by atoms with E-state index in [2.05, 4.69) is 5.32 Å². The van der Waals surface area contributed by atoms with Crippen LogP contribution >= 0.6 is 0 Å². The summed E-state index contributed by atoms with van der Waals surface area (Å²) in [7, 11) is -4.08. The molecule has 0 heterocycles. The molecule has 1 unspecified atom stereocenters. The molecule has 7 nitrogen and oxygen atoms in total. The highest BCUT2D eigenvalue weighted by molar-refractivity contribution is 7.92. The van der Waals surface area contributed by atoms with Crippen molar-refractivity contribution in [2.75, 3.05) is 17.4 Å². The summed E-state index contributed by atoms with van der Waals surface area (Å²) in [6.07, 6.45) is 0. The van der Waals surface area contributed by atoms with Crippen molar-refractivity contribution in [1.82, 2.24) is 10.2 Å². The third kappa shape index (κ3) is 7.69. The number of rotatable bonds is 11. The van der Waals surface area contributed by atoms with E-state index >= 15 is 0 Å². The topological polar surface area (TPSA) is 86.8 Å². The molecule has 1 N–H and O–H groups in total. The molecule has 8 heteroatoms. The molecule has 0 spiro atoms. The number of hydrogen-bond acceptors (Lipinski definition) is 4. The summed E-state index contributed by atoms with van der Waals surface area (Å²) in [6, 6.07) is 20.4. The highest BCUT2D eigenvalue weighted by Gasteiger charge is 2.32. The second kappa shape index (κ2) is 12.9. The van der Waals surface area contributed by atoms with E-state index < -0.39 is 28.5 Å². The van der Waals surface area contributed by atoms with Crippen LogP contribution in [0.3, 0.4) is 0 Å². The zero-order valence-electron chi connectivity index (χ0n) is 23.6. The van der Waals surface area contributed by atoms with E-state index in [-0.39, 0.29) is 23.3 Å². The lowest BCUT2D eigenvalue weighted by Gasteiger charge is -2.32. The van der Waals surface area contributed by atoms with Gasteiger partial charge >= 0.3 is 0 Å². The quantitative estimate of drug-likeness (QED) is 0.365. The molecule has 2 amide bonds. The summed E-state index contributed by atoms with van der Waals surface area (Å²) in [4.78, 5) is 28.5. The van der Waals surface area contributed by atoms with Crippen LogP contribution in [0.4, 0.5) is 5.69 Å². The van der Waals surface area contributed by atoms with Crippen LogP contribution in [0.5, 0.6) is 0 Å². The Kier molecular flexibility index (Phi) is 9.92. The third-order valence-electron chi connectivity index (χ3n) is 6.71. The van der Waals surface area contributed by atoms with Gasteiger partial charge < -0.3 is 10.2 Å². The fourth-order valence-electron chi connectivity index (χ4n) is 4.06. The van der Waals surface area contributed by atoms with Gasteiger partial charge in [-0.2, -0.15) is 0 Å². The van der Waals surface area contributed by atoms with Crippen LogP contribution < -0.4 is 9.62 Å². The van der Waals surface area contributed by atoms with Crippen LogP contribution in [0.2, 0.25) is 0 Å². The van der Waals surface area contributed by atoms with E-state index in [1.54, 1.807) is 43.3 Å². The van der Waals surface area contributed by atoms with Gasteiger partial charge in [0.25, 0.3) is 10.0 Å². The number of benzene rings is 3. The van der Waals surface area contributed by atoms with Crippen LogP contribution in [-0.4, -0.2) is 44.3 Å². The standard InChI is InChI=1S/C31H39N3O4S/c1-22(2)19-32-31(36)26(6)33(20-27-10-8-7-9-11-27)30(35)21-34(28-15-14-24(4)25(5)18-28)39(37,38)29-16-12-23(3)13-17-29/h7-18,22,26H,19-21H2,1-6H3,(H,32,36). The zero-order valence-corrected chi connectivity index (χ0v) is 24.5. The fraction of sp³-hybridized carbons (Fsp3) is 0.355. The largest absolute Gasteiger partial charge is 0.354 e. The van der Waals surface area contributed by atoms with Crippen molar-refractivity contribution < 1.29 is 18.0 Å². The number of carbonyl (C=O) groups excluding carboxylic acids is 2. The molecule has 3 aromatic carbocycles. The minimum Gasteiger partial charge on any atom is -0.354 e. The Balaban J connectivity index is 2.02. The number of aryl methyl sites for hydroxylation is 3. The number of amides is 2. The van der Waals surface area contributed by atoms with Gasteiger partial charge in [-0.05, 0) is 74.6 Å². The minimum absolute atomic E-state index is 0.0939. The van der Waals surface area contributed by atoms with Gasteiger partial charge in [0.15, 0.2) is 0 Å². The van der Waals surface area contributed by atoms with Gasteiger partial charge in [0.1, 0.15) is 12.6 Å². The molecule has 3 aromatic rings. The third-order valence-corrected chi connectivity index (χ3v) is 8.50. The summed E-state index contributed by atoms with van der Waals surface area (Å²) in [5, 5.41) is 2.90. The van der Waals surface area contributed by atoms with Crippen molar-refractivity contribution in [3.8, 4) is 0 Å². The molecule has 208 valence electrons. The van der Waals surface area contributed by atoms with Gasteiger partial charge in [-0.3, -0.25) is 13.9 Å². The zero-order chi connectivity index (χ0) is 28.7. The van der Waals surface area contributed by atoms with Crippen LogP contribution in [-0.2, 0) is 26.2 Å². The van der Waals surface area contributed by atoms with Gasteiger partial charge in [0.2, 0.25) is 11.8 Å². The number of anilines is 1. The van der Waals surface area contributed by atoms with Gasteiger partial charge in [-0.25, -0.2) is 8.42 Å². The van der Waals surface area contributed by atoms with E-state index in [0.29, 0.717) is 12.2 Å². The maximum Gasteiger partial charge on any atom is 0.264 e. The summed E-state index contributed by atoms with van der Waals surface area (Å²) in [6.45, 7) is 11.6. The SMILES string of the molecule is Cc1ccc(S(=O)(=O)N(CC(=O)N(Cc2ccccc2)C(C)C(=O)NCC(C)C)c2ccc(C)c(C)c2)cc1. The van der Waals surface area contributed by atoms with E-state index in [1.807, 2.05) is 71.0 Å². The van der Waals surface area contributed by atoms with Crippen LogP contribution in [0, 0.1) is 26.7 Å². The summed E-state index contributed by atoms with van der Waals surface area (Å²) in [5.41, 5.74) is 4.08. The number of nitrogens with one attached hydrogen (secondary N) is 1. The molecule has 3 rings (SSSR count). The minimum atomic E-state index is -4.08. The van der Waals surface area contributed by atoms with Crippen molar-refractivity contribution in [3.63, 3.8) is 0 Å². The highest BCUT2D eigenvalue weighted by atomic mass is 32.2. The molecular formula is C31H39N3O4S. The Morgan fingerprint density at radius 1 is 0.846 bits per heavy atom. The van der Waals surface area contributed by atoms with Crippen molar-refractivity contribution in [3.05, 3.63) is 95.1 Å². The average molecular weight is 550 g/mol. The maximum atomic E-state index is 13.9. The Labute approximate surface area is 232 Å². The van der Waals surface area contributed by atoms with Crippen LogP contribution in [0.15, 0.2) is 77.7 Å². The molecule has 0 aliphatic carbocycles. The van der Waals surface area contributed by atoms with Crippen molar-refractivity contribution in [2.45, 2.75) is 59.0 Å². The Morgan fingerprint density at radius 2 is 1.49 bits per heavy atom. The molecule has 0 aliphatic rings. The van der Waals surface area contributed by atoms with Crippen LogP contribution in [0.25, 0.3) is 0 Å². The molecule has 0 fully saturated rings. The first kappa shape index (κ1) is 29.9. The lowest BCUT2D eigenvalue weighted by molar-refractivity contribution is -0.139. The second-order valence-corrected chi connectivity index (χ2v) is 12.3. The van der Waals surface area contributed by atoms with E-state index in [4.69, 9.17) is 0 Å². The van der Waals surface area contributed by atoms with Gasteiger partial charge in [-0.15, -0.1) is 0 Å². The Bertz CT molecular complexity index is 1390. The van der Waals surface area contributed by atoms with Gasteiger partial charge in [0, 0.05) is 13.1 Å². The van der Waals surface area contributed by atoms with Crippen molar-refractivity contribution in [2.24, 2.45) is 5.92 Å². The van der Waals surface area contributed by atoms with Crippen LogP contribution in [0.1, 0.15) is 43.0 Å². The van der Waals surface area contributed by atoms with Gasteiger partial charge in [-0.1, -0.05) is 67.9 Å². The highest BCUT2D eigenvalue weighted by Crippen LogP contribution is 2.27. The lowest BCUT2D eigenvalue weighted by Crippen LogP contribution is -2.51. The van der Waals surface area contributed by atoms with E-state index in [0.717, 1.165) is 26.6 Å². The summed E-state index contributed by atoms with van der Waals surface area (Å²) >= 11 is 0. The number of nitrogens with zero attached hydrogens (tertiary/aromatic N) is 2. The Hall–Kier alpha value is -3.65. The van der Waals surface area contributed by atoms with Crippen molar-refractivity contribution in [1.29, 1.82) is 0 Å². The molecule has 0 saturated carbocycles. The molecule has 0 bridgehead atoms. The molecule has 0 saturated heterocycles. The fourth-order valence-corrected chi connectivity index (χ4v) is 5.47. The number of sulfonamides is 1. The molecular weight excluding hydrogens is 510 g/mol. The summed E-state index contributed by atoms with van der Waals surface area (Å²) in [5.74, 6) is -0.508. The molecule has 0 radical (unpaired) electrons. The number of carbonyl (C=O) groups is 2. The first-order valence-corrected chi connectivity index (χ1v) is 14.6. The van der Waals surface area contributed by atoms with Crippen molar-refractivity contribution >= 4 is 27.5 Å².